The van der Waals surface area contributed by atoms with E-state index in [1.807, 2.05) is 0 Å². The van der Waals surface area contributed by atoms with E-state index in [9.17, 15) is 9.59 Å². The minimum Gasteiger partial charge on any atom is -0.478 e. The first-order valence-corrected chi connectivity index (χ1v) is 5.91. The molecule has 4 N–H and O–H groups in total. The molecule has 0 radical (unpaired) electrons. The van der Waals surface area contributed by atoms with Crippen molar-refractivity contribution in [3.63, 3.8) is 0 Å². The highest BCUT2D eigenvalue weighted by Crippen LogP contribution is 2.21. The normalized spacial score (nSPS) is 10.1. The van der Waals surface area contributed by atoms with Crippen molar-refractivity contribution in [3.8, 4) is 0 Å². The number of aromatic nitrogens is 1. The van der Waals surface area contributed by atoms with Crippen molar-refractivity contribution in [2.24, 2.45) is 0 Å². The molecule has 102 valence electrons. The fourth-order valence-electron chi connectivity index (χ4n) is 1.50. The maximum Gasteiger partial charge on any atom is 0.337 e. The van der Waals surface area contributed by atoms with Crippen LogP contribution in [0.2, 0.25) is 5.02 Å². The predicted molar refractivity (Wildman–Crippen MR) is 75.0 cm³/mol. The minimum absolute atomic E-state index is 0.0322. The third-order valence-electron chi connectivity index (χ3n) is 2.48. The van der Waals surface area contributed by atoms with Gasteiger partial charge in [-0.25, -0.2) is 9.78 Å². The van der Waals surface area contributed by atoms with Crippen LogP contribution >= 0.6 is 11.6 Å². The fraction of sp³-hybridized carbons (Fsp3) is 0. The van der Waals surface area contributed by atoms with E-state index in [4.69, 9.17) is 22.4 Å². The first-order valence-electron chi connectivity index (χ1n) is 5.53. The molecular weight excluding hydrogens is 282 g/mol. The standard InChI is InChI=1S/C13H10ClN3O3/c14-10-5-8(2-3-9(10)13(19)20)17-12(18)11-4-1-7(15)6-16-11/h1-6H,15H2,(H,17,18)(H,19,20). The monoisotopic (exact) mass is 291 g/mol. The van der Waals surface area contributed by atoms with Gasteiger partial charge in [0.1, 0.15) is 5.69 Å². The Bertz CT molecular complexity index is 671. The summed E-state index contributed by atoms with van der Waals surface area (Å²) in [4.78, 5) is 26.6. The SMILES string of the molecule is Nc1ccc(C(=O)Nc2ccc(C(=O)O)c(Cl)c2)nc1. The highest BCUT2D eigenvalue weighted by atomic mass is 35.5. The van der Waals surface area contributed by atoms with Gasteiger partial charge in [-0.2, -0.15) is 0 Å². The van der Waals surface area contributed by atoms with Gasteiger partial charge in [-0.15, -0.1) is 0 Å². The summed E-state index contributed by atoms with van der Waals surface area (Å²) in [6, 6.07) is 7.17. The van der Waals surface area contributed by atoms with Gasteiger partial charge in [0, 0.05) is 5.69 Å². The number of rotatable bonds is 3. The van der Waals surface area contributed by atoms with Crippen LogP contribution in [-0.2, 0) is 0 Å². The molecule has 0 atom stereocenters. The molecule has 6 nitrogen and oxygen atoms in total. The summed E-state index contributed by atoms with van der Waals surface area (Å²) in [5.74, 6) is -1.57. The molecule has 1 aromatic heterocycles. The van der Waals surface area contributed by atoms with Crippen molar-refractivity contribution < 1.29 is 14.7 Å². The second kappa shape index (κ2) is 5.58. The van der Waals surface area contributed by atoms with E-state index in [2.05, 4.69) is 10.3 Å². The molecule has 2 aromatic rings. The number of anilines is 2. The summed E-state index contributed by atoms with van der Waals surface area (Å²) in [5.41, 5.74) is 6.47. The van der Waals surface area contributed by atoms with E-state index in [1.54, 1.807) is 6.07 Å². The highest BCUT2D eigenvalue weighted by Gasteiger charge is 2.11. The van der Waals surface area contributed by atoms with Crippen LogP contribution < -0.4 is 11.1 Å². The van der Waals surface area contributed by atoms with Gasteiger partial charge < -0.3 is 16.2 Å². The highest BCUT2D eigenvalue weighted by molar-refractivity contribution is 6.33. The van der Waals surface area contributed by atoms with Gasteiger partial charge in [0.05, 0.1) is 22.5 Å². The van der Waals surface area contributed by atoms with E-state index in [1.165, 1.54) is 30.5 Å². The number of carboxylic acid groups (broad SMARTS) is 1. The number of carbonyl (C=O) groups is 2. The molecule has 0 saturated carbocycles. The zero-order valence-corrected chi connectivity index (χ0v) is 10.9. The Kier molecular flexibility index (Phi) is 3.86. The van der Waals surface area contributed by atoms with E-state index in [0.29, 0.717) is 11.4 Å². The molecule has 20 heavy (non-hydrogen) atoms. The second-order valence-electron chi connectivity index (χ2n) is 3.93. The summed E-state index contributed by atoms with van der Waals surface area (Å²) >= 11 is 5.81. The number of nitrogen functional groups attached to an aromatic ring is 1. The average molecular weight is 292 g/mol. The first-order chi connectivity index (χ1) is 9.47. The zero-order chi connectivity index (χ0) is 14.7. The number of halogens is 1. The van der Waals surface area contributed by atoms with Crippen LogP contribution in [0.1, 0.15) is 20.8 Å². The molecule has 7 heteroatoms. The number of aromatic carboxylic acids is 1. The quantitative estimate of drug-likeness (QED) is 0.804. The van der Waals surface area contributed by atoms with Crippen LogP contribution in [0.15, 0.2) is 36.5 Å². The summed E-state index contributed by atoms with van der Waals surface area (Å²) in [5, 5.41) is 11.5. The van der Waals surface area contributed by atoms with Gasteiger partial charge in [-0.3, -0.25) is 4.79 Å². The lowest BCUT2D eigenvalue weighted by Crippen LogP contribution is -2.13. The van der Waals surface area contributed by atoms with Gasteiger partial charge >= 0.3 is 5.97 Å². The third kappa shape index (κ3) is 3.04. The summed E-state index contributed by atoms with van der Waals surface area (Å²) in [6.45, 7) is 0. The van der Waals surface area contributed by atoms with E-state index in [-0.39, 0.29) is 16.3 Å². The van der Waals surface area contributed by atoms with Crippen molar-refractivity contribution >= 4 is 34.9 Å². The lowest BCUT2D eigenvalue weighted by Gasteiger charge is -2.06. The number of pyridine rings is 1. The maximum atomic E-state index is 11.9. The van der Waals surface area contributed by atoms with Gasteiger partial charge in [0.25, 0.3) is 5.91 Å². The number of nitrogens with two attached hydrogens (primary N) is 1. The molecule has 0 fully saturated rings. The summed E-state index contributed by atoms with van der Waals surface area (Å²) < 4.78 is 0. The van der Waals surface area contributed by atoms with Gasteiger partial charge in [-0.05, 0) is 30.3 Å². The number of nitrogens with zero attached hydrogens (tertiary/aromatic N) is 1. The Morgan fingerprint density at radius 1 is 1.25 bits per heavy atom. The zero-order valence-electron chi connectivity index (χ0n) is 10.1. The number of hydrogen-bond acceptors (Lipinski definition) is 4. The fourth-order valence-corrected chi connectivity index (χ4v) is 1.76. The molecule has 0 saturated heterocycles. The van der Waals surface area contributed by atoms with Crippen molar-refractivity contribution in [2.75, 3.05) is 11.1 Å². The van der Waals surface area contributed by atoms with Crippen molar-refractivity contribution in [2.45, 2.75) is 0 Å². The Morgan fingerprint density at radius 3 is 2.55 bits per heavy atom. The Morgan fingerprint density at radius 2 is 2.00 bits per heavy atom. The summed E-state index contributed by atoms with van der Waals surface area (Å²) in [7, 11) is 0. The summed E-state index contributed by atoms with van der Waals surface area (Å²) in [6.07, 6.45) is 1.37. The maximum absolute atomic E-state index is 11.9. The molecule has 0 spiro atoms. The molecule has 0 aliphatic heterocycles. The van der Waals surface area contributed by atoms with Crippen LogP contribution in [0.3, 0.4) is 0 Å². The smallest absolute Gasteiger partial charge is 0.337 e. The van der Waals surface area contributed by atoms with Crippen LogP contribution in [0.5, 0.6) is 0 Å². The van der Waals surface area contributed by atoms with E-state index < -0.39 is 11.9 Å². The second-order valence-corrected chi connectivity index (χ2v) is 4.34. The van der Waals surface area contributed by atoms with E-state index in [0.717, 1.165) is 0 Å². The Balaban J connectivity index is 2.18. The predicted octanol–water partition coefficient (Wildman–Crippen LogP) is 2.27. The van der Waals surface area contributed by atoms with Crippen LogP contribution in [0.25, 0.3) is 0 Å². The molecule has 1 aromatic carbocycles. The molecule has 2 rings (SSSR count). The van der Waals surface area contributed by atoms with Gasteiger partial charge in [-0.1, -0.05) is 11.6 Å². The van der Waals surface area contributed by atoms with Crippen molar-refractivity contribution in [1.82, 2.24) is 4.98 Å². The largest absolute Gasteiger partial charge is 0.478 e. The van der Waals surface area contributed by atoms with Crippen LogP contribution in [0.4, 0.5) is 11.4 Å². The lowest BCUT2D eigenvalue weighted by atomic mass is 10.2. The molecule has 0 aliphatic rings. The number of amides is 1. The molecular formula is C13H10ClN3O3. The number of carboxylic acids is 1. The number of benzene rings is 1. The third-order valence-corrected chi connectivity index (χ3v) is 2.79. The number of nitrogens with one attached hydrogen (secondary N) is 1. The number of carbonyl (C=O) groups excluding carboxylic acids is 1. The van der Waals surface area contributed by atoms with Gasteiger partial charge in [0.2, 0.25) is 0 Å². The molecule has 0 bridgehead atoms. The van der Waals surface area contributed by atoms with Crippen LogP contribution in [-0.4, -0.2) is 22.0 Å². The molecule has 0 unspecified atom stereocenters. The Hall–Kier alpha value is -2.60. The van der Waals surface area contributed by atoms with E-state index >= 15 is 0 Å². The topological polar surface area (TPSA) is 105 Å². The average Bonchev–Trinajstić information content (AvgIpc) is 2.39. The Labute approximate surface area is 119 Å². The lowest BCUT2D eigenvalue weighted by molar-refractivity contribution is 0.0697. The molecule has 1 amide bonds. The van der Waals surface area contributed by atoms with Crippen molar-refractivity contribution in [3.05, 3.63) is 52.8 Å². The molecule has 1 heterocycles. The first kappa shape index (κ1) is 13.8. The number of hydrogen-bond donors (Lipinski definition) is 3. The van der Waals surface area contributed by atoms with Gasteiger partial charge in [0.15, 0.2) is 0 Å². The minimum atomic E-state index is -1.13. The van der Waals surface area contributed by atoms with Crippen LogP contribution in [0, 0.1) is 0 Å². The molecule has 0 aliphatic carbocycles. The van der Waals surface area contributed by atoms with Crippen molar-refractivity contribution in [1.29, 1.82) is 0 Å².